The molecule has 2 aromatic carbocycles. The number of nitrogens with zero attached hydrogens (tertiary/aromatic N) is 2. The van der Waals surface area contributed by atoms with Gasteiger partial charge in [-0.15, -0.1) is 0 Å². The minimum Gasteiger partial charge on any atom is -0.456 e. The van der Waals surface area contributed by atoms with Crippen LogP contribution in [0.2, 0.25) is 0 Å². The standard InChI is InChI=1S/C30H40N8O/c31-29(35-15-21-37-17-11-33-12-18-37)25-5-1-23(2-6-25)27-9-10-28(39-27)24-3-7-26(8-4-24)30(32)36-16-22-38-19-13-34-14-20-38/h1-10,33-34H,11-22H2,(H2,31,35)(H2,32,36). The minimum absolute atomic E-state index is 0.445. The number of hydrogen-bond donors (Lipinski definition) is 6. The van der Waals surface area contributed by atoms with Crippen molar-refractivity contribution in [3.05, 3.63) is 71.8 Å². The van der Waals surface area contributed by atoms with E-state index in [1.54, 1.807) is 0 Å². The zero-order valence-electron chi connectivity index (χ0n) is 22.6. The molecule has 0 atom stereocenters. The Balaban J connectivity index is 1.10. The molecule has 1 aromatic heterocycles. The fourth-order valence-electron chi connectivity index (χ4n) is 5.00. The van der Waals surface area contributed by atoms with Gasteiger partial charge in [0.25, 0.3) is 0 Å². The van der Waals surface area contributed by atoms with Gasteiger partial charge in [-0.05, 0) is 12.1 Å². The zero-order valence-corrected chi connectivity index (χ0v) is 22.6. The Bertz CT molecular complexity index is 1110. The van der Waals surface area contributed by atoms with Crippen LogP contribution in [-0.2, 0) is 0 Å². The highest BCUT2D eigenvalue weighted by Crippen LogP contribution is 2.29. The molecule has 9 heteroatoms. The molecule has 2 aliphatic heterocycles. The lowest BCUT2D eigenvalue weighted by molar-refractivity contribution is 0.245. The molecule has 6 N–H and O–H groups in total. The SMILES string of the molecule is N=C(NCCN1CCNCC1)c1ccc(-c2ccc(-c3ccc(C(=N)NCCN4CCNCC4)cc3)o2)cc1. The summed E-state index contributed by atoms with van der Waals surface area (Å²) in [6.45, 7) is 11.9. The predicted molar refractivity (Wildman–Crippen MR) is 158 cm³/mol. The molecule has 0 saturated carbocycles. The first kappa shape index (κ1) is 27.1. The number of benzene rings is 2. The molecule has 0 spiro atoms. The summed E-state index contributed by atoms with van der Waals surface area (Å²) < 4.78 is 6.16. The summed E-state index contributed by atoms with van der Waals surface area (Å²) in [6, 6.07) is 19.8. The molecule has 0 aliphatic carbocycles. The van der Waals surface area contributed by atoms with Crippen molar-refractivity contribution in [2.75, 3.05) is 78.5 Å². The Morgan fingerprint density at radius 1 is 0.615 bits per heavy atom. The summed E-state index contributed by atoms with van der Waals surface area (Å²) in [5, 5.41) is 30.0. The number of amidine groups is 2. The molecule has 2 aliphatic rings. The third-order valence-corrected chi connectivity index (χ3v) is 7.40. The number of rotatable bonds is 10. The fraction of sp³-hybridized carbons (Fsp3) is 0.400. The van der Waals surface area contributed by atoms with Crippen LogP contribution in [0.25, 0.3) is 22.6 Å². The minimum atomic E-state index is 0.445. The number of nitrogens with one attached hydrogen (secondary N) is 6. The van der Waals surface area contributed by atoms with Gasteiger partial charge in [0.05, 0.1) is 0 Å². The largest absolute Gasteiger partial charge is 0.456 e. The molecule has 3 heterocycles. The molecule has 39 heavy (non-hydrogen) atoms. The van der Waals surface area contributed by atoms with Crippen LogP contribution in [0, 0.1) is 10.8 Å². The van der Waals surface area contributed by atoms with Gasteiger partial charge in [-0.3, -0.25) is 20.6 Å². The van der Waals surface area contributed by atoms with Gasteiger partial charge < -0.3 is 25.7 Å². The maximum atomic E-state index is 8.38. The van der Waals surface area contributed by atoms with Crippen LogP contribution >= 0.6 is 0 Å². The lowest BCUT2D eigenvalue weighted by atomic mass is 10.1. The fourth-order valence-corrected chi connectivity index (χ4v) is 5.00. The van der Waals surface area contributed by atoms with Crippen molar-refractivity contribution in [3.8, 4) is 22.6 Å². The molecule has 0 bridgehead atoms. The smallest absolute Gasteiger partial charge is 0.134 e. The first-order valence-electron chi connectivity index (χ1n) is 14.0. The van der Waals surface area contributed by atoms with Crippen LogP contribution in [-0.4, -0.2) is 100 Å². The lowest BCUT2D eigenvalue weighted by Gasteiger charge is -2.27. The molecule has 2 saturated heterocycles. The van der Waals surface area contributed by atoms with Crippen molar-refractivity contribution >= 4 is 11.7 Å². The van der Waals surface area contributed by atoms with Crippen molar-refractivity contribution in [2.24, 2.45) is 0 Å². The normalized spacial score (nSPS) is 16.6. The molecule has 5 rings (SSSR count). The third-order valence-electron chi connectivity index (χ3n) is 7.40. The van der Waals surface area contributed by atoms with Gasteiger partial charge in [0, 0.05) is 101 Å². The summed E-state index contributed by atoms with van der Waals surface area (Å²) in [5.41, 5.74) is 3.69. The van der Waals surface area contributed by atoms with Crippen LogP contribution in [0.1, 0.15) is 11.1 Å². The van der Waals surface area contributed by atoms with Crippen molar-refractivity contribution in [1.82, 2.24) is 31.1 Å². The molecule has 0 amide bonds. The average molecular weight is 529 g/mol. The first-order chi connectivity index (χ1) is 19.2. The van der Waals surface area contributed by atoms with Crippen LogP contribution < -0.4 is 21.3 Å². The summed E-state index contributed by atoms with van der Waals surface area (Å²) in [5.74, 6) is 2.48. The number of furan rings is 1. The van der Waals surface area contributed by atoms with Gasteiger partial charge in [0.1, 0.15) is 23.2 Å². The second-order valence-electron chi connectivity index (χ2n) is 10.1. The highest BCUT2D eigenvalue weighted by Gasteiger charge is 2.12. The van der Waals surface area contributed by atoms with Crippen molar-refractivity contribution in [1.29, 1.82) is 10.8 Å². The Labute approximate surface area is 231 Å². The van der Waals surface area contributed by atoms with Crippen molar-refractivity contribution in [2.45, 2.75) is 0 Å². The molecule has 0 unspecified atom stereocenters. The Morgan fingerprint density at radius 3 is 1.38 bits per heavy atom. The lowest BCUT2D eigenvalue weighted by Crippen LogP contribution is -2.46. The van der Waals surface area contributed by atoms with E-state index in [1.807, 2.05) is 60.7 Å². The van der Waals surface area contributed by atoms with E-state index in [4.69, 9.17) is 15.2 Å². The van der Waals surface area contributed by atoms with Crippen LogP contribution in [0.15, 0.2) is 65.1 Å². The second kappa shape index (κ2) is 13.5. The molecule has 9 nitrogen and oxygen atoms in total. The van der Waals surface area contributed by atoms with Gasteiger partial charge in [-0.2, -0.15) is 0 Å². The van der Waals surface area contributed by atoms with Gasteiger partial charge in [0.2, 0.25) is 0 Å². The Hall–Kier alpha value is -3.50. The van der Waals surface area contributed by atoms with Gasteiger partial charge >= 0.3 is 0 Å². The van der Waals surface area contributed by atoms with Gasteiger partial charge in [-0.1, -0.05) is 48.5 Å². The van der Waals surface area contributed by atoms with Gasteiger partial charge in [0.15, 0.2) is 0 Å². The van der Waals surface area contributed by atoms with E-state index in [2.05, 4.69) is 31.1 Å². The van der Waals surface area contributed by atoms with Crippen molar-refractivity contribution in [3.63, 3.8) is 0 Å². The van der Waals surface area contributed by atoms with E-state index in [-0.39, 0.29) is 0 Å². The van der Waals surface area contributed by atoms with E-state index in [0.717, 1.165) is 112 Å². The molecule has 2 fully saturated rings. The van der Waals surface area contributed by atoms with Crippen LogP contribution in [0.4, 0.5) is 0 Å². The quantitative estimate of drug-likeness (QED) is 0.177. The van der Waals surface area contributed by atoms with Crippen LogP contribution in [0.3, 0.4) is 0 Å². The summed E-state index contributed by atoms with van der Waals surface area (Å²) in [6.07, 6.45) is 0. The van der Waals surface area contributed by atoms with E-state index in [1.165, 1.54) is 0 Å². The zero-order chi connectivity index (χ0) is 26.9. The van der Waals surface area contributed by atoms with E-state index >= 15 is 0 Å². The summed E-state index contributed by atoms with van der Waals surface area (Å²) >= 11 is 0. The van der Waals surface area contributed by atoms with E-state index in [9.17, 15) is 0 Å². The van der Waals surface area contributed by atoms with E-state index < -0.39 is 0 Å². The number of hydrogen-bond acceptors (Lipinski definition) is 7. The molecular weight excluding hydrogens is 488 g/mol. The number of piperazine rings is 2. The summed E-state index contributed by atoms with van der Waals surface area (Å²) in [4.78, 5) is 4.83. The second-order valence-corrected chi connectivity index (χ2v) is 10.1. The predicted octanol–water partition coefficient (Wildman–Crippen LogP) is 2.25. The van der Waals surface area contributed by atoms with Crippen LogP contribution in [0.5, 0.6) is 0 Å². The topological polar surface area (TPSA) is 115 Å². The molecular formula is C30H40N8O. The highest BCUT2D eigenvalue weighted by atomic mass is 16.3. The maximum absolute atomic E-state index is 8.38. The summed E-state index contributed by atoms with van der Waals surface area (Å²) in [7, 11) is 0. The third kappa shape index (κ3) is 7.54. The molecule has 0 radical (unpaired) electrons. The molecule has 3 aromatic rings. The maximum Gasteiger partial charge on any atom is 0.134 e. The molecule has 206 valence electrons. The monoisotopic (exact) mass is 528 g/mol. The average Bonchev–Trinajstić information content (AvgIpc) is 3.49. The van der Waals surface area contributed by atoms with Crippen molar-refractivity contribution < 1.29 is 4.42 Å². The Kier molecular flexibility index (Phi) is 9.39. The first-order valence-corrected chi connectivity index (χ1v) is 14.0. The highest BCUT2D eigenvalue weighted by molar-refractivity contribution is 5.97. The van der Waals surface area contributed by atoms with Gasteiger partial charge in [-0.25, -0.2) is 0 Å². The Morgan fingerprint density at radius 2 is 1.00 bits per heavy atom. The van der Waals surface area contributed by atoms with E-state index in [0.29, 0.717) is 11.7 Å².